The number of amides is 1. The number of halogens is 3. The molecular weight excluding hydrogens is 915 g/mol. The van der Waals surface area contributed by atoms with Crippen LogP contribution in [0, 0.1) is 0 Å². The van der Waals surface area contributed by atoms with Crippen molar-refractivity contribution >= 4 is 50.2 Å². The zero-order valence-corrected chi connectivity index (χ0v) is 41.0. The van der Waals surface area contributed by atoms with Gasteiger partial charge in [-0.05, 0) is 39.2 Å². The number of nitrogens with two attached hydrogens (primary N) is 1. The second-order valence-electron chi connectivity index (χ2n) is 14.6. The zero-order valence-electron chi connectivity index (χ0n) is 38.7. The Balaban J connectivity index is 0.000000439. The lowest BCUT2D eigenvalue weighted by Crippen LogP contribution is -3.00. The lowest BCUT2D eigenvalue weighted by Gasteiger charge is -2.03. The summed E-state index contributed by atoms with van der Waals surface area (Å²) in [5.74, 6) is -1.38. The highest BCUT2D eigenvalue weighted by Gasteiger charge is 2.07. The van der Waals surface area contributed by atoms with E-state index in [4.69, 9.17) is 9.90 Å². The molecule has 0 fully saturated rings. The highest BCUT2D eigenvalue weighted by atomic mass is 35.5. The number of carbonyl (C=O) groups excluding carboxylic acids is 2. The molecule has 0 spiro atoms. The van der Waals surface area contributed by atoms with Gasteiger partial charge in [-0.25, -0.2) is 13.7 Å². The molecule has 0 aliphatic carbocycles. The van der Waals surface area contributed by atoms with E-state index in [2.05, 4.69) is 225 Å². The van der Waals surface area contributed by atoms with Crippen LogP contribution in [-0.4, -0.2) is 29.6 Å². The molecule has 9 aromatic rings. The molecule has 0 unspecified atom stereocenters. The number of hydrogen-bond acceptors (Lipinski definition) is 4. The molecule has 3 aromatic heterocycles. The number of benzene rings is 6. The molecule has 9 rings (SSSR count). The van der Waals surface area contributed by atoms with Crippen LogP contribution in [-0.2, 0) is 38.8 Å². The maximum atomic E-state index is 9.82. The lowest BCUT2D eigenvalue weighted by atomic mass is 10.0. The fourth-order valence-corrected chi connectivity index (χ4v) is 6.70. The first-order valence-electron chi connectivity index (χ1n) is 21.3. The van der Waals surface area contributed by atoms with Gasteiger partial charge in [-0.2, -0.15) is 0 Å². The van der Waals surface area contributed by atoms with E-state index in [1.165, 1.54) is 62.9 Å². The molecule has 0 saturated carbocycles. The summed E-state index contributed by atoms with van der Waals surface area (Å²) < 4.78 is 11.0. The number of esters is 1. The molecule has 354 valence electrons. The van der Waals surface area contributed by atoms with Crippen molar-refractivity contribution in [1.82, 2.24) is 0 Å². The molecule has 0 atom stereocenters. The molecule has 68 heavy (non-hydrogen) atoms. The van der Waals surface area contributed by atoms with Gasteiger partial charge >= 0.3 is 5.97 Å². The summed E-state index contributed by atoms with van der Waals surface area (Å²) in [6.45, 7) is 8.80. The van der Waals surface area contributed by atoms with Crippen LogP contribution in [0.5, 0.6) is 0 Å². The third-order valence-electron chi connectivity index (χ3n) is 9.38. The second kappa shape index (κ2) is 33.3. The van der Waals surface area contributed by atoms with Gasteiger partial charge in [-0.15, -0.1) is 0 Å². The van der Waals surface area contributed by atoms with Gasteiger partial charge in [0.05, 0.1) is 6.61 Å². The summed E-state index contributed by atoms with van der Waals surface area (Å²) in [6.07, 6.45) is 12.6. The minimum Gasteiger partial charge on any atom is -1.00 e. The fraction of sp³-hybridized carbons (Fsp3) is 0.143. The first kappa shape index (κ1) is 58.8. The normalized spacial score (nSPS) is 9.35. The number of pyridine rings is 3. The van der Waals surface area contributed by atoms with E-state index >= 15 is 0 Å². The van der Waals surface area contributed by atoms with Crippen molar-refractivity contribution in [2.75, 3.05) is 6.61 Å². The van der Waals surface area contributed by atoms with Crippen molar-refractivity contribution in [3.05, 3.63) is 236 Å². The van der Waals surface area contributed by atoms with E-state index in [9.17, 15) is 9.59 Å². The summed E-state index contributed by atoms with van der Waals surface area (Å²) >= 11 is 0. The van der Waals surface area contributed by atoms with Crippen molar-refractivity contribution < 1.29 is 75.1 Å². The minimum atomic E-state index is -0.833. The van der Waals surface area contributed by atoms with Gasteiger partial charge in [0, 0.05) is 73.9 Å². The van der Waals surface area contributed by atoms with Crippen LogP contribution in [0.2, 0.25) is 0 Å². The molecule has 12 heteroatoms. The molecule has 0 saturated heterocycles. The molecule has 3 heterocycles. The van der Waals surface area contributed by atoms with Gasteiger partial charge in [0.2, 0.25) is 5.91 Å². The number of aliphatic carboxylic acids is 1. The average molecular weight is 974 g/mol. The largest absolute Gasteiger partial charge is 1.00 e. The van der Waals surface area contributed by atoms with Gasteiger partial charge < -0.3 is 52.8 Å². The van der Waals surface area contributed by atoms with E-state index in [0.717, 1.165) is 26.6 Å². The first-order valence-corrected chi connectivity index (χ1v) is 21.3. The predicted molar refractivity (Wildman–Crippen MR) is 260 cm³/mol. The number of carboxylic acids is 1. The molecule has 0 bridgehead atoms. The molecule has 0 aliphatic rings. The van der Waals surface area contributed by atoms with Crippen molar-refractivity contribution in [3.8, 4) is 0 Å². The second-order valence-corrected chi connectivity index (χ2v) is 14.6. The Kier molecular flexibility index (Phi) is 28.8. The Morgan fingerprint density at radius 3 is 0.882 bits per heavy atom. The van der Waals surface area contributed by atoms with Gasteiger partial charge in [0.1, 0.15) is 0 Å². The molecule has 1 amide bonds. The van der Waals surface area contributed by atoms with Gasteiger partial charge in [0.25, 0.3) is 5.97 Å². The van der Waals surface area contributed by atoms with Crippen molar-refractivity contribution in [2.24, 2.45) is 5.73 Å². The Hall–Kier alpha value is -7.17. The SMILES string of the molecule is CC(=O)O.CC(N)=O.CCOC(C)=O.[Cl-].[Cl-].[Cl-].c1cc[n+](Cc2cccc3ccccc23)cc1.c1cc[n+](Cc2cccc3ccccc23)cc1.c1cc[n+](Cc2cccc3ccccc23)cc1. The Labute approximate surface area is 418 Å². The summed E-state index contributed by atoms with van der Waals surface area (Å²) in [5, 5.41) is 15.4. The Morgan fingerprint density at radius 2 is 0.662 bits per heavy atom. The number of carbonyl (C=O) groups is 3. The van der Waals surface area contributed by atoms with Crippen LogP contribution in [0.4, 0.5) is 0 Å². The average Bonchev–Trinajstić information content (AvgIpc) is 3.31. The first-order chi connectivity index (χ1) is 31.5. The number of fused-ring (bicyclic) bond motifs is 3. The molecule has 0 radical (unpaired) electrons. The number of rotatable bonds is 7. The topological polar surface area (TPSA) is 118 Å². The maximum absolute atomic E-state index is 9.82. The van der Waals surface area contributed by atoms with Crippen molar-refractivity contribution in [2.45, 2.75) is 47.3 Å². The third-order valence-corrected chi connectivity index (χ3v) is 9.38. The zero-order chi connectivity index (χ0) is 46.7. The van der Waals surface area contributed by atoms with Gasteiger partial charge in [0.15, 0.2) is 56.8 Å². The van der Waals surface area contributed by atoms with Gasteiger partial charge in [-0.1, -0.05) is 146 Å². The number of nitrogens with zero attached hydrogens (tertiary/aromatic N) is 3. The van der Waals surface area contributed by atoms with E-state index in [1.807, 2.05) is 18.2 Å². The summed E-state index contributed by atoms with van der Waals surface area (Å²) in [7, 11) is 0. The van der Waals surface area contributed by atoms with Crippen molar-refractivity contribution in [1.29, 1.82) is 0 Å². The molecular formula is C56H59Cl3N4O5. The van der Waals surface area contributed by atoms with E-state index < -0.39 is 5.97 Å². The predicted octanol–water partition coefficient (Wildman–Crippen LogP) is 0.691. The summed E-state index contributed by atoms with van der Waals surface area (Å²) in [4.78, 5) is 28.0. The molecule has 6 aromatic carbocycles. The fourth-order valence-electron chi connectivity index (χ4n) is 6.70. The highest BCUT2D eigenvalue weighted by Crippen LogP contribution is 2.20. The minimum absolute atomic E-state index is 0. The summed E-state index contributed by atoms with van der Waals surface area (Å²) in [5.41, 5.74) is 8.55. The third kappa shape index (κ3) is 21.9. The number of primary amides is 1. The van der Waals surface area contributed by atoms with E-state index in [0.29, 0.717) is 6.61 Å². The van der Waals surface area contributed by atoms with Crippen LogP contribution >= 0.6 is 0 Å². The standard InChI is InChI=1S/3C16H14N.C4H8O2.C2H5NO.C2H4O2.3ClH/c3*1-4-11-17(12-5-1)13-15-9-6-8-14-7-2-3-10-16(14)15;1-3-6-4(2)5;2*1-2(3)4;;;/h3*1-12H,13H2;3H2,1-2H3;1H3,(H2,3,4);1H3,(H,3,4);3*1H/q3*+1;;;;;;/p-3. The lowest BCUT2D eigenvalue weighted by molar-refractivity contribution is -0.688. The molecule has 3 N–H and O–H groups in total. The molecule has 0 aliphatic heterocycles. The van der Waals surface area contributed by atoms with Crippen LogP contribution in [0.25, 0.3) is 32.3 Å². The van der Waals surface area contributed by atoms with Crippen LogP contribution in [0.15, 0.2) is 219 Å². The Morgan fingerprint density at radius 1 is 0.426 bits per heavy atom. The Bertz CT molecular complexity index is 2520. The molecule has 9 nitrogen and oxygen atoms in total. The van der Waals surface area contributed by atoms with E-state index in [-0.39, 0.29) is 49.1 Å². The monoisotopic (exact) mass is 972 g/mol. The van der Waals surface area contributed by atoms with Gasteiger partial charge in [-0.3, -0.25) is 14.4 Å². The summed E-state index contributed by atoms with van der Waals surface area (Å²) in [6, 6.07) is 63.5. The number of carboxylic acid groups (broad SMARTS) is 1. The van der Waals surface area contributed by atoms with Crippen molar-refractivity contribution in [3.63, 3.8) is 0 Å². The number of ether oxygens (including phenoxy) is 1. The van der Waals surface area contributed by atoms with E-state index in [1.54, 1.807) is 6.92 Å². The van der Waals surface area contributed by atoms with Crippen LogP contribution in [0.3, 0.4) is 0 Å². The van der Waals surface area contributed by atoms with Crippen LogP contribution < -0.4 is 56.7 Å². The highest BCUT2D eigenvalue weighted by molar-refractivity contribution is 5.87. The maximum Gasteiger partial charge on any atom is 0.302 e. The smallest absolute Gasteiger partial charge is 0.302 e. The number of hydrogen-bond donors (Lipinski definition) is 2. The quantitative estimate of drug-likeness (QED) is 0.180. The number of aromatic nitrogens is 3. The van der Waals surface area contributed by atoms with Crippen LogP contribution in [0.1, 0.15) is 44.4 Å².